The summed E-state index contributed by atoms with van der Waals surface area (Å²) < 4.78 is 23.3. The standard InChI is InChI=1S/C18H22N2O5S/c1-17(2,13-6-4-3-5-7-13)14(21)12-20-15(22)18(19-16(20)23)8-10-26(24,25)11-9-18/h3-7H,8-12H2,1-2H3,(H,19,23). The lowest BCUT2D eigenvalue weighted by molar-refractivity contribution is -0.135. The lowest BCUT2D eigenvalue weighted by Crippen LogP contribution is -2.52. The number of nitrogens with zero attached hydrogens (tertiary/aromatic N) is 1. The number of Topliss-reactive ketones (excluding diaryl/α,β-unsaturated/α-hetero) is 1. The lowest BCUT2D eigenvalue weighted by Gasteiger charge is -2.30. The summed E-state index contributed by atoms with van der Waals surface area (Å²) in [6.07, 6.45) is 0.0966. The molecule has 2 aliphatic heterocycles. The summed E-state index contributed by atoms with van der Waals surface area (Å²) in [5.74, 6) is -1.05. The van der Waals surface area contributed by atoms with Gasteiger partial charge in [0.15, 0.2) is 15.6 Å². The van der Waals surface area contributed by atoms with Crippen molar-refractivity contribution < 1.29 is 22.8 Å². The van der Waals surface area contributed by atoms with Gasteiger partial charge >= 0.3 is 6.03 Å². The molecule has 0 saturated carbocycles. The van der Waals surface area contributed by atoms with Gasteiger partial charge in [0, 0.05) is 0 Å². The molecule has 2 saturated heterocycles. The van der Waals surface area contributed by atoms with Crippen molar-refractivity contribution in [2.45, 2.75) is 37.6 Å². The fraction of sp³-hybridized carbons (Fsp3) is 0.500. The van der Waals surface area contributed by atoms with Gasteiger partial charge in [-0.25, -0.2) is 13.2 Å². The second kappa shape index (κ2) is 6.19. The van der Waals surface area contributed by atoms with Gasteiger partial charge in [-0.15, -0.1) is 0 Å². The zero-order chi connectivity index (χ0) is 19.2. The van der Waals surface area contributed by atoms with Crippen molar-refractivity contribution in [3.8, 4) is 0 Å². The van der Waals surface area contributed by atoms with E-state index in [-0.39, 0.29) is 36.7 Å². The lowest BCUT2D eigenvalue weighted by atomic mass is 9.80. The van der Waals surface area contributed by atoms with Crippen molar-refractivity contribution in [3.05, 3.63) is 35.9 Å². The Hall–Kier alpha value is -2.22. The van der Waals surface area contributed by atoms with Crippen molar-refractivity contribution >= 4 is 27.6 Å². The van der Waals surface area contributed by atoms with Crippen molar-refractivity contribution in [1.82, 2.24) is 10.2 Å². The molecule has 0 bridgehead atoms. The van der Waals surface area contributed by atoms with Gasteiger partial charge in [-0.1, -0.05) is 30.3 Å². The Balaban J connectivity index is 1.77. The summed E-state index contributed by atoms with van der Waals surface area (Å²) in [7, 11) is -3.18. The first-order chi connectivity index (χ1) is 12.1. The van der Waals surface area contributed by atoms with Crippen LogP contribution in [0, 0.1) is 0 Å². The van der Waals surface area contributed by atoms with E-state index in [0.29, 0.717) is 0 Å². The summed E-state index contributed by atoms with van der Waals surface area (Å²) >= 11 is 0. The van der Waals surface area contributed by atoms with Crippen LogP contribution < -0.4 is 5.32 Å². The molecule has 3 rings (SSSR count). The Kier molecular flexibility index (Phi) is 4.42. The van der Waals surface area contributed by atoms with E-state index in [9.17, 15) is 22.8 Å². The first-order valence-electron chi connectivity index (χ1n) is 8.51. The van der Waals surface area contributed by atoms with E-state index in [0.717, 1.165) is 10.5 Å². The molecule has 0 radical (unpaired) electrons. The first-order valence-corrected chi connectivity index (χ1v) is 10.3. The molecular formula is C18H22N2O5S. The number of nitrogens with one attached hydrogen (secondary N) is 1. The monoisotopic (exact) mass is 378 g/mol. The fourth-order valence-electron chi connectivity index (χ4n) is 3.40. The molecule has 0 unspecified atom stereocenters. The van der Waals surface area contributed by atoms with Crippen LogP contribution in [0.5, 0.6) is 0 Å². The van der Waals surface area contributed by atoms with Crippen molar-refractivity contribution in [1.29, 1.82) is 0 Å². The van der Waals surface area contributed by atoms with Crippen molar-refractivity contribution in [2.24, 2.45) is 0 Å². The predicted octanol–water partition coefficient (Wildman–Crippen LogP) is 1.03. The zero-order valence-electron chi connectivity index (χ0n) is 14.8. The Morgan fingerprint density at radius 3 is 2.31 bits per heavy atom. The zero-order valence-corrected chi connectivity index (χ0v) is 15.6. The number of carbonyl (C=O) groups is 3. The molecule has 3 amide bonds. The van der Waals surface area contributed by atoms with Crippen LogP contribution in [0.4, 0.5) is 4.79 Å². The molecule has 1 aromatic carbocycles. The number of urea groups is 1. The van der Waals surface area contributed by atoms with Crippen LogP contribution in [0.1, 0.15) is 32.3 Å². The highest BCUT2D eigenvalue weighted by Gasteiger charge is 2.54. The highest BCUT2D eigenvalue weighted by molar-refractivity contribution is 7.91. The Morgan fingerprint density at radius 1 is 1.15 bits per heavy atom. The van der Waals surface area contributed by atoms with E-state index in [1.165, 1.54) is 0 Å². The van der Waals surface area contributed by atoms with Gasteiger partial charge in [0.25, 0.3) is 5.91 Å². The number of ketones is 1. The third kappa shape index (κ3) is 3.13. The van der Waals surface area contributed by atoms with Crippen LogP contribution in [0.2, 0.25) is 0 Å². The molecule has 2 heterocycles. The van der Waals surface area contributed by atoms with Crippen LogP contribution in [-0.4, -0.2) is 54.6 Å². The highest BCUT2D eigenvalue weighted by atomic mass is 32.2. The van der Waals surface area contributed by atoms with E-state index >= 15 is 0 Å². The number of benzene rings is 1. The number of amides is 3. The summed E-state index contributed by atoms with van der Waals surface area (Å²) in [6.45, 7) is 3.18. The normalized spacial score (nSPS) is 21.7. The average molecular weight is 378 g/mol. The number of hydrogen-bond donors (Lipinski definition) is 1. The Morgan fingerprint density at radius 2 is 1.73 bits per heavy atom. The minimum Gasteiger partial charge on any atom is -0.323 e. The van der Waals surface area contributed by atoms with E-state index < -0.39 is 32.7 Å². The quantitative estimate of drug-likeness (QED) is 0.789. The van der Waals surface area contributed by atoms with Crippen LogP contribution in [0.3, 0.4) is 0 Å². The van der Waals surface area contributed by atoms with Gasteiger partial charge in [0.05, 0.1) is 23.5 Å². The molecule has 140 valence electrons. The van der Waals surface area contributed by atoms with Crippen LogP contribution in [0.25, 0.3) is 0 Å². The fourth-order valence-corrected chi connectivity index (χ4v) is 4.93. The molecule has 2 aliphatic rings. The number of sulfone groups is 1. The first kappa shape index (κ1) is 18.6. The predicted molar refractivity (Wildman–Crippen MR) is 95.3 cm³/mol. The minimum atomic E-state index is -3.18. The minimum absolute atomic E-state index is 0.0483. The average Bonchev–Trinajstić information content (AvgIpc) is 2.83. The third-order valence-electron chi connectivity index (χ3n) is 5.42. The maximum Gasteiger partial charge on any atom is 0.325 e. The number of hydrogen-bond acceptors (Lipinski definition) is 5. The molecule has 7 nitrogen and oxygen atoms in total. The Labute approximate surface area is 152 Å². The summed E-state index contributed by atoms with van der Waals surface area (Å²) in [5, 5.41) is 2.62. The van der Waals surface area contributed by atoms with Crippen LogP contribution >= 0.6 is 0 Å². The molecule has 2 fully saturated rings. The van der Waals surface area contributed by atoms with E-state index in [2.05, 4.69) is 5.32 Å². The van der Waals surface area contributed by atoms with Gasteiger partial charge in [-0.2, -0.15) is 0 Å². The topological polar surface area (TPSA) is 101 Å². The van der Waals surface area contributed by atoms with Gasteiger partial charge in [0.1, 0.15) is 5.54 Å². The van der Waals surface area contributed by atoms with E-state index in [4.69, 9.17) is 0 Å². The number of imide groups is 1. The second-order valence-electron chi connectivity index (χ2n) is 7.47. The van der Waals surface area contributed by atoms with Gasteiger partial charge < -0.3 is 5.32 Å². The third-order valence-corrected chi connectivity index (χ3v) is 7.07. The maximum atomic E-state index is 12.8. The van der Waals surface area contributed by atoms with Gasteiger partial charge in [-0.05, 0) is 32.3 Å². The molecule has 0 aromatic heterocycles. The molecule has 8 heteroatoms. The van der Waals surface area contributed by atoms with Gasteiger partial charge in [-0.3, -0.25) is 14.5 Å². The molecule has 1 aromatic rings. The molecule has 0 aliphatic carbocycles. The molecule has 1 N–H and O–H groups in total. The molecule has 1 spiro atoms. The summed E-state index contributed by atoms with van der Waals surface area (Å²) in [4.78, 5) is 38.8. The number of carbonyl (C=O) groups excluding carboxylic acids is 3. The Bertz CT molecular complexity index is 847. The summed E-state index contributed by atoms with van der Waals surface area (Å²) in [5.41, 5.74) is -1.25. The second-order valence-corrected chi connectivity index (χ2v) is 9.77. The van der Waals surface area contributed by atoms with Crippen LogP contribution in [0.15, 0.2) is 30.3 Å². The SMILES string of the molecule is CC(C)(C(=O)CN1C(=O)NC2(CCS(=O)(=O)CC2)C1=O)c1ccccc1. The van der Waals surface area contributed by atoms with Crippen LogP contribution in [-0.2, 0) is 24.8 Å². The maximum absolute atomic E-state index is 12.8. The number of rotatable bonds is 4. The largest absolute Gasteiger partial charge is 0.325 e. The smallest absolute Gasteiger partial charge is 0.323 e. The van der Waals surface area contributed by atoms with Crippen molar-refractivity contribution in [3.63, 3.8) is 0 Å². The molecule has 0 atom stereocenters. The van der Waals surface area contributed by atoms with Gasteiger partial charge in [0.2, 0.25) is 0 Å². The highest BCUT2D eigenvalue weighted by Crippen LogP contribution is 2.31. The van der Waals surface area contributed by atoms with E-state index in [1.807, 2.05) is 30.3 Å². The summed E-state index contributed by atoms with van der Waals surface area (Å²) in [6, 6.07) is 8.54. The van der Waals surface area contributed by atoms with E-state index in [1.54, 1.807) is 13.8 Å². The van der Waals surface area contributed by atoms with Crippen molar-refractivity contribution in [2.75, 3.05) is 18.1 Å². The molecular weight excluding hydrogens is 356 g/mol. The molecule has 26 heavy (non-hydrogen) atoms.